The van der Waals surface area contributed by atoms with Gasteiger partial charge in [0.05, 0.1) is 14.2 Å². The minimum Gasteiger partial charge on any atom is -0.493 e. The van der Waals surface area contributed by atoms with Gasteiger partial charge in [0.15, 0.2) is 11.5 Å². The highest BCUT2D eigenvalue weighted by molar-refractivity contribution is 5.46. The predicted octanol–water partition coefficient (Wildman–Crippen LogP) is 1.64. The van der Waals surface area contributed by atoms with E-state index in [1.807, 2.05) is 0 Å². The third-order valence-electron chi connectivity index (χ3n) is 1.53. The van der Waals surface area contributed by atoms with Crippen molar-refractivity contribution in [3.8, 4) is 17.4 Å². The van der Waals surface area contributed by atoms with Gasteiger partial charge in [-0.05, 0) is 24.6 Å². The Labute approximate surface area is 72.1 Å². The first kappa shape index (κ1) is 8.48. The Balaban J connectivity index is 3.13. The van der Waals surface area contributed by atoms with Crippen molar-refractivity contribution in [3.05, 3.63) is 30.2 Å². The molecule has 1 aromatic carbocycles. The van der Waals surface area contributed by atoms with E-state index >= 15 is 0 Å². The summed E-state index contributed by atoms with van der Waals surface area (Å²) in [5.74, 6) is 3.55. The summed E-state index contributed by atoms with van der Waals surface area (Å²) < 4.78 is 10.1. The van der Waals surface area contributed by atoms with Crippen molar-refractivity contribution in [3.63, 3.8) is 0 Å². The van der Waals surface area contributed by atoms with E-state index in [9.17, 15) is 0 Å². The van der Waals surface area contributed by atoms with Crippen LogP contribution in [0.4, 0.5) is 0 Å². The summed E-state index contributed by atoms with van der Waals surface area (Å²) in [4.78, 5) is 0. The molecule has 0 heterocycles. The van der Waals surface area contributed by atoms with Crippen LogP contribution in [-0.2, 0) is 0 Å². The normalized spacial score (nSPS) is 8.75. The summed E-state index contributed by atoms with van der Waals surface area (Å²) >= 11 is 0. The smallest absolute Gasteiger partial charge is 0.161 e. The molecular weight excluding hydrogens is 152 g/mol. The quantitative estimate of drug-likeness (QED) is 0.614. The molecule has 0 aromatic heterocycles. The maximum absolute atomic E-state index is 6.90. The molecule has 0 unspecified atom stereocenters. The third kappa shape index (κ3) is 1.51. The molecule has 0 saturated carbocycles. The van der Waals surface area contributed by atoms with Crippen LogP contribution in [0.2, 0.25) is 0 Å². The van der Waals surface area contributed by atoms with E-state index in [1.165, 1.54) is 0 Å². The zero-order valence-electron chi connectivity index (χ0n) is 7.05. The Kier molecular flexibility index (Phi) is 2.60. The monoisotopic (exact) mass is 161 g/mol. The Morgan fingerprint density at radius 1 is 1.17 bits per heavy atom. The largest absolute Gasteiger partial charge is 0.493 e. The number of benzene rings is 1. The molecule has 0 fully saturated rings. The second-order valence-corrected chi connectivity index (χ2v) is 2.19. The van der Waals surface area contributed by atoms with Gasteiger partial charge >= 0.3 is 0 Å². The van der Waals surface area contributed by atoms with Crippen LogP contribution in [0.5, 0.6) is 11.5 Å². The van der Waals surface area contributed by atoms with Crippen LogP contribution in [-0.4, -0.2) is 14.2 Å². The molecule has 61 valence electrons. The first-order valence-electron chi connectivity index (χ1n) is 3.46. The summed E-state index contributed by atoms with van der Waals surface area (Å²) in [7, 11) is 3.14. The second-order valence-electron chi connectivity index (χ2n) is 2.19. The highest BCUT2D eigenvalue weighted by Gasteiger charge is 2.01. The lowest BCUT2D eigenvalue weighted by molar-refractivity contribution is 0.355. The van der Waals surface area contributed by atoms with Crippen molar-refractivity contribution < 1.29 is 9.47 Å². The first-order chi connectivity index (χ1) is 5.81. The minimum atomic E-state index is 0.620. The van der Waals surface area contributed by atoms with Gasteiger partial charge in [0, 0.05) is 5.56 Å². The number of ether oxygens (including phenoxy) is 2. The van der Waals surface area contributed by atoms with Crippen molar-refractivity contribution in [2.75, 3.05) is 14.2 Å². The van der Waals surface area contributed by atoms with Crippen molar-refractivity contribution in [2.45, 2.75) is 0 Å². The van der Waals surface area contributed by atoms with E-state index in [-0.39, 0.29) is 0 Å². The molecule has 0 aliphatic carbocycles. The molecule has 12 heavy (non-hydrogen) atoms. The highest BCUT2D eigenvalue weighted by Crippen LogP contribution is 2.26. The maximum atomic E-state index is 6.90. The second kappa shape index (κ2) is 3.68. The van der Waals surface area contributed by atoms with E-state index in [1.54, 1.807) is 32.4 Å². The summed E-state index contributed by atoms with van der Waals surface area (Å²) in [5.41, 5.74) is 0.674. The van der Waals surface area contributed by atoms with E-state index in [4.69, 9.17) is 15.9 Å². The lowest BCUT2D eigenvalue weighted by atomic mass is 10.2. The zero-order valence-corrected chi connectivity index (χ0v) is 7.05. The molecule has 2 nitrogen and oxygen atoms in total. The third-order valence-corrected chi connectivity index (χ3v) is 1.53. The molecule has 2 heteroatoms. The molecule has 0 N–H and O–H groups in total. The van der Waals surface area contributed by atoms with Crippen LogP contribution in [0, 0.1) is 12.3 Å². The first-order valence-corrected chi connectivity index (χ1v) is 3.46. The molecule has 0 amide bonds. The predicted molar refractivity (Wildman–Crippen MR) is 45.8 cm³/mol. The highest BCUT2D eigenvalue weighted by atomic mass is 16.5. The number of hydrogen-bond donors (Lipinski definition) is 0. The van der Waals surface area contributed by atoms with Crippen LogP contribution in [0.3, 0.4) is 0 Å². The Morgan fingerprint density at radius 3 is 2.33 bits per heavy atom. The van der Waals surface area contributed by atoms with Crippen molar-refractivity contribution in [1.29, 1.82) is 0 Å². The molecule has 0 spiro atoms. The average molecular weight is 161 g/mol. The molecule has 1 aromatic rings. The van der Waals surface area contributed by atoms with Gasteiger partial charge in [0.25, 0.3) is 0 Å². The number of methoxy groups -OCH3 is 2. The van der Waals surface area contributed by atoms with Crippen molar-refractivity contribution in [1.82, 2.24) is 0 Å². The SMILES string of the molecule is [C]#Cc1ccc(OC)c(OC)c1. The lowest BCUT2D eigenvalue weighted by Gasteiger charge is -2.06. The van der Waals surface area contributed by atoms with Crippen LogP contribution >= 0.6 is 0 Å². The van der Waals surface area contributed by atoms with Gasteiger partial charge in [-0.2, -0.15) is 0 Å². The molecular formula is C10H9O2. The molecule has 0 aliphatic rings. The number of rotatable bonds is 2. The van der Waals surface area contributed by atoms with Crippen molar-refractivity contribution in [2.24, 2.45) is 0 Å². The van der Waals surface area contributed by atoms with Crippen LogP contribution in [0.1, 0.15) is 5.56 Å². The molecule has 0 bridgehead atoms. The average Bonchev–Trinajstić information content (AvgIpc) is 2.16. The molecule has 0 aliphatic heterocycles. The van der Waals surface area contributed by atoms with Gasteiger partial charge < -0.3 is 9.47 Å². The van der Waals surface area contributed by atoms with Gasteiger partial charge in [0.2, 0.25) is 0 Å². The maximum Gasteiger partial charge on any atom is 0.161 e. The lowest BCUT2D eigenvalue weighted by Crippen LogP contribution is -1.90. The van der Waals surface area contributed by atoms with Crippen LogP contribution in [0.25, 0.3) is 0 Å². The van der Waals surface area contributed by atoms with Gasteiger partial charge in [-0.25, -0.2) is 0 Å². The van der Waals surface area contributed by atoms with E-state index in [0.717, 1.165) is 0 Å². The fraction of sp³-hybridized carbons (Fsp3) is 0.200. The summed E-state index contributed by atoms with van der Waals surface area (Å²) in [6.45, 7) is 0. The Bertz CT molecular complexity index is 310. The fourth-order valence-corrected chi connectivity index (χ4v) is 0.914. The minimum absolute atomic E-state index is 0.620. The van der Waals surface area contributed by atoms with E-state index in [0.29, 0.717) is 17.1 Å². The molecule has 0 atom stereocenters. The molecule has 0 saturated heterocycles. The Morgan fingerprint density at radius 2 is 1.83 bits per heavy atom. The summed E-state index contributed by atoms with van der Waals surface area (Å²) in [5, 5.41) is 0. The molecule has 1 radical (unpaired) electrons. The van der Waals surface area contributed by atoms with Crippen LogP contribution in [0.15, 0.2) is 18.2 Å². The summed E-state index contributed by atoms with van der Waals surface area (Å²) in [6.07, 6.45) is 6.90. The standard InChI is InChI=1S/C10H9O2/c1-4-8-5-6-9(11-2)10(7-8)12-3/h5-7H,2-3H3. The van der Waals surface area contributed by atoms with Gasteiger partial charge in [-0.1, -0.05) is 5.92 Å². The topological polar surface area (TPSA) is 18.5 Å². The van der Waals surface area contributed by atoms with Gasteiger partial charge in [0.1, 0.15) is 0 Å². The number of hydrogen-bond acceptors (Lipinski definition) is 2. The Hall–Kier alpha value is -1.62. The van der Waals surface area contributed by atoms with Crippen molar-refractivity contribution >= 4 is 0 Å². The van der Waals surface area contributed by atoms with E-state index < -0.39 is 0 Å². The van der Waals surface area contributed by atoms with Gasteiger partial charge in [-0.15, -0.1) is 0 Å². The fourth-order valence-electron chi connectivity index (χ4n) is 0.914. The van der Waals surface area contributed by atoms with Crippen LogP contribution < -0.4 is 9.47 Å². The molecule has 1 rings (SSSR count). The van der Waals surface area contributed by atoms with Gasteiger partial charge in [-0.3, -0.25) is 0 Å². The zero-order chi connectivity index (χ0) is 8.97. The summed E-state index contributed by atoms with van der Waals surface area (Å²) in [6, 6.07) is 5.19. The van der Waals surface area contributed by atoms with E-state index in [2.05, 4.69) is 5.92 Å².